The number of carbonyl (C=O) groups is 2. The van der Waals surface area contributed by atoms with Gasteiger partial charge in [-0.05, 0) is 89.9 Å². The molecule has 5 N–H and O–H groups in total. The highest BCUT2D eigenvalue weighted by Crippen LogP contribution is 2.45. The van der Waals surface area contributed by atoms with Gasteiger partial charge in [-0.1, -0.05) is 175 Å². The second-order valence-corrected chi connectivity index (χ2v) is 20.1. The van der Waals surface area contributed by atoms with Crippen LogP contribution in [-0.2, 0) is 46.3 Å². The van der Waals surface area contributed by atoms with Crippen LogP contribution >= 0.6 is 15.6 Å². The Hall–Kier alpha value is -3.30. The van der Waals surface area contributed by atoms with Crippen molar-refractivity contribution in [3.8, 4) is 0 Å². The minimum absolute atomic E-state index is 0.0657. The largest absolute Gasteiger partial charge is 0.472 e. The second-order valence-electron chi connectivity index (χ2n) is 17.2. The number of allylic oxidation sites excluding steroid dienone is 18. The van der Waals surface area contributed by atoms with E-state index in [0.29, 0.717) is 19.3 Å². The average Bonchev–Trinajstić information content (AvgIpc) is 3.36. The van der Waals surface area contributed by atoms with E-state index in [9.17, 15) is 43.8 Å². The zero-order valence-electron chi connectivity index (χ0n) is 43.6. The zero-order valence-corrected chi connectivity index (χ0v) is 45.3. The molecule has 5 atom stereocenters. The summed E-state index contributed by atoms with van der Waals surface area (Å²) in [5, 5.41) is 30.1. The van der Waals surface area contributed by atoms with Crippen LogP contribution in [0.3, 0.4) is 0 Å². The first kappa shape index (κ1) is 68.7. The van der Waals surface area contributed by atoms with Crippen LogP contribution in [0.1, 0.15) is 168 Å². The Morgan fingerprint density at radius 2 is 0.667 bits per heavy atom. The van der Waals surface area contributed by atoms with Gasteiger partial charge in [-0.3, -0.25) is 27.7 Å². The van der Waals surface area contributed by atoms with Crippen molar-refractivity contribution in [1.29, 1.82) is 0 Å². The maximum Gasteiger partial charge on any atom is 0.472 e. The molecule has 15 nitrogen and oxygen atoms in total. The summed E-state index contributed by atoms with van der Waals surface area (Å²) < 4.78 is 53.0. The Labute approximate surface area is 432 Å². The number of hydrogen-bond acceptors (Lipinski definition) is 13. The van der Waals surface area contributed by atoms with Gasteiger partial charge in [-0.15, -0.1) is 0 Å². The maximum absolute atomic E-state index is 12.2. The van der Waals surface area contributed by atoms with Crippen molar-refractivity contribution in [3.63, 3.8) is 0 Å². The van der Waals surface area contributed by atoms with E-state index in [1.807, 2.05) is 18.2 Å². The standard InChI is InChI=1S/C55H92O15P2/c1-3-5-7-9-11-13-15-17-19-21-23-24-26-28-30-32-34-36-38-40-42-44-55(60)66-46-52(57)48-68-72(63,64)70-50-53(58)49-69-71(61,62)67-47-51(56)45-65-54(59)43-41-39-37-35-33-31-29-27-25-22-20-18-16-14-12-10-8-6-4-2/h6,8,11-14,17-20,23-25,27,31,33,37,39,51-53,56-58H,3-5,7,9-10,15-16,21-22,26,28-30,32,34-36,38,40-50H2,1-2H3,(H,61,62)(H,63,64)/b8-6-,13-11-,14-12-,19-17-,20-18-,24-23-,27-25-,33-31-,39-37-. The molecule has 412 valence electrons. The predicted molar refractivity (Wildman–Crippen MR) is 288 cm³/mol. The Morgan fingerprint density at radius 3 is 1.04 bits per heavy atom. The summed E-state index contributed by atoms with van der Waals surface area (Å²) in [5.74, 6) is -1.09. The third-order valence-corrected chi connectivity index (χ3v) is 12.1. The molecule has 17 heteroatoms. The molecule has 0 aromatic rings. The number of phosphoric ester groups is 2. The van der Waals surface area contributed by atoms with E-state index in [1.165, 1.54) is 44.9 Å². The lowest BCUT2D eigenvalue weighted by molar-refractivity contribution is -0.148. The van der Waals surface area contributed by atoms with Crippen LogP contribution in [0.2, 0.25) is 0 Å². The molecule has 0 saturated heterocycles. The van der Waals surface area contributed by atoms with Crippen LogP contribution in [0.5, 0.6) is 0 Å². The number of ether oxygens (including phenoxy) is 2. The molecule has 0 bridgehead atoms. The molecule has 0 aliphatic heterocycles. The predicted octanol–water partition coefficient (Wildman–Crippen LogP) is 12.8. The van der Waals surface area contributed by atoms with Crippen LogP contribution in [-0.4, -0.2) is 95.0 Å². The van der Waals surface area contributed by atoms with Crippen molar-refractivity contribution < 1.29 is 71.4 Å². The summed E-state index contributed by atoms with van der Waals surface area (Å²) in [4.78, 5) is 43.8. The van der Waals surface area contributed by atoms with Gasteiger partial charge in [0.2, 0.25) is 0 Å². The molecule has 0 fully saturated rings. The molecule has 0 saturated carbocycles. The Kier molecular flexibility index (Phi) is 47.6. The molecular weight excluding hydrogens is 963 g/mol. The molecule has 0 amide bonds. The Morgan fingerprint density at radius 1 is 0.375 bits per heavy atom. The van der Waals surface area contributed by atoms with Crippen molar-refractivity contribution in [2.45, 2.75) is 186 Å². The van der Waals surface area contributed by atoms with Crippen LogP contribution in [0.4, 0.5) is 0 Å². The first-order chi connectivity index (χ1) is 34.8. The number of aliphatic hydroxyl groups is 3. The summed E-state index contributed by atoms with van der Waals surface area (Å²) in [6, 6.07) is 0. The number of aliphatic hydroxyl groups excluding tert-OH is 3. The van der Waals surface area contributed by atoms with Gasteiger partial charge in [0.05, 0.1) is 26.4 Å². The number of unbranched alkanes of at least 4 members (excludes halogenated alkanes) is 11. The average molecular weight is 1060 g/mol. The quantitative estimate of drug-likeness (QED) is 0.0165. The van der Waals surface area contributed by atoms with E-state index in [2.05, 4.69) is 119 Å². The summed E-state index contributed by atoms with van der Waals surface area (Å²) in [5.41, 5.74) is 0. The van der Waals surface area contributed by atoms with Crippen LogP contribution in [0, 0.1) is 0 Å². The highest BCUT2D eigenvalue weighted by atomic mass is 31.2. The Bertz CT molecular complexity index is 1700. The summed E-state index contributed by atoms with van der Waals surface area (Å²) in [6.07, 6.45) is 56.5. The fraction of sp³-hybridized carbons (Fsp3) is 0.636. The molecule has 0 rings (SSSR count). The summed E-state index contributed by atoms with van der Waals surface area (Å²) in [6.45, 7) is 0.167. The lowest BCUT2D eigenvalue weighted by Crippen LogP contribution is -2.25. The van der Waals surface area contributed by atoms with E-state index in [-0.39, 0.29) is 12.8 Å². The molecule has 0 aromatic carbocycles. The monoisotopic (exact) mass is 1050 g/mol. The van der Waals surface area contributed by atoms with Gasteiger partial charge in [0, 0.05) is 12.8 Å². The first-order valence-corrected chi connectivity index (χ1v) is 29.2. The van der Waals surface area contributed by atoms with Gasteiger partial charge >= 0.3 is 27.6 Å². The van der Waals surface area contributed by atoms with Gasteiger partial charge in [-0.2, -0.15) is 0 Å². The Balaban J connectivity index is 3.94. The van der Waals surface area contributed by atoms with Gasteiger partial charge in [0.25, 0.3) is 0 Å². The SMILES string of the molecule is CC/C=C\C/C=C\C/C=C\C/C=C\C/C=C\C/C=C\CCC(=O)OCC(O)COP(=O)(O)OCC(O)COP(=O)(O)OCC(O)COC(=O)CCCCCCCCCC/C=C\C/C=C\C/C=C\CCCCC. The van der Waals surface area contributed by atoms with Crippen LogP contribution < -0.4 is 0 Å². The molecule has 5 unspecified atom stereocenters. The highest BCUT2D eigenvalue weighted by molar-refractivity contribution is 7.47. The molecule has 0 aliphatic rings. The third kappa shape index (κ3) is 51.6. The maximum atomic E-state index is 12.2. The first-order valence-electron chi connectivity index (χ1n) is 26.2. The van der Waals surface area contributed by atoms with Crippen molar-refractivity contribution in [2.24, 2.45) is 0 Å². The fourth-order valence-electron chi connectivity index (χ4n) is 6.19. The van der Waals surface area contributed by atoms with Gasteiger partial charge < -0.3 is 34.6 Å². The lowest BCUT2D eigenvalue weighted by atomic mass is 10.1. The fourth-order valence-corrected chi connectivity index (χ4v) is 7.78. The molecule has 0 aromatic heterocycles. The van der Waals surface area contributed by atoms with Crippen molar-refractivity contribution in [1.82, 2.24) is 0 Å². The minimum atomic E-state index is -4.81. The second kappa shape index (κ2) is 49.9. The van der Waals surface area contributed by atoms with Gasteiger partial charge in [0.15, 0.2) is 0 Å². The minimum Gasteiger partial charge on any atom is -0.463 e. The van der Waals surface area contributed by atoms with Crippen LogP contribution in [0.15, 0.2) is 109 Å². The number of phosphoric acid groups is 2. The molecule has 0 aliphatic carbocycles. The van der Waals surface area contributed by atoms with E-state index >= 15 is 0 Å². The number of esters is 2. The molecule has 0 radical (unpaired) electrons. The van der Waals surface area contributed by atoms with Crippen molar-refractivity contribution in [2.75, 3.05) is 39.6 Å². The molecular formula is C55H92O15P2. The molecule has 0 heterocycles. The van der Waals surface area contributed by atoms with Gasteiger partial charge in [0.1, 0.15) is 31.5 Å². The van der Waals surface area contributed by atoms with Crippen molar-refractivity contribution >= 4 is 27.6 Å². The van der Waals surface area contributed by atoms with E-state index in [4.69, 9.17) is 14.0 Å². The van der Waals surface area contributed by atoms with E-state index in [1.54, 1.807) is 0 Å². The summed E-state index contributed by atoms with van der Waals surface area (Å²) in [7, 11) is -9.62. The lowest BCUT2D eigenvalue weighted by Gasteiger charge is -2.19. The molecule has 72 heavy (non-hydrogen) atoms. The van der Waals surface area contributed by atoms with Gasteiger partial charge in [-0.25, -0.2) is 9.13 Å². The van der Waals surface area contributed by atoms with E-state index < -0.39 is 85.5 Å². The smallest absolute Gasteiger partial charge is 0.463 e. The van der Waals surface area contributed by atoms with Crippen molar-refractivity contribution in [3.05, 3.63) is 109 Å². The van der Waals surface area contributed by atoms with E-state index in [0.717, 1.165) is 77.0 Å². The number of hydrogen-bond donors (Lipinski definition) is 5. The third-order valence-electron chi connectivity index (χ3n) is 10.2. The number of carbonyl (C=O) groups excluding carboxylic acids is 2. The topological polar surface area (TPSA) is 225 Å². The number of rotatable bonds is 49. The molecule has 0 spiro atoms. The highest BCUT2D eigenvalue weighted by Gasteiger charge is 2.28. The summed E-state index contributed by atoms with van der Waals surface area (Å²) >= 11 is 0. The van der Waals surface area contributed by atoms with Crippen LogP contribution in [0.25, 0.3) is 0 Å². The zero-order chi connectivity index (χ0) is 53.1. The normalized spacial score (nSPS) is 15.7.